The molecule has 3 aromatic rings. The monoisotopic (exact) mass is 297 g/mol. The number of hydrogen-bond donors (Lipinski definition) is 1. The summed E-state index contributed by atoms with van der Waals surface area (Å²) in [6, 6.07) is 11.0. The van der Waals surface area contributed by atoms with E-state index in [2.05, 4.69) is 20.7 Å². The van der Waals surface area contributed by atoms with Crippen molar-refractivity contribution in [1.82, 2.24) is 25.5 Å². The van der Waals surface area contributed by atoms with Crippen LogP contribution in [0.15, 0.2) is 53.3 Å². The molecule has 1 amide bonds. The zero-order valence-electron chi connectivity index (χ0n) is 12.0. The summed E-state index contributed by atoms with van der Waals surface area (Å²) in [4.78, 5) is 13.8. The average Bonchev–Trinajstić information content (AvgIpc) is 3.19. The Morgan fingerprint density at radius 3 is 2.64 bits per heavy atom. The lowest BCUT2D eigenvalue weighted by Gasteiger charge is -2.18. The lowest BCUT2D eigenvalue weighted by molar-refractivity contribution is 0.0921. The fourth-order valence-electron chi connectivity index (χ4n) is 2.13. The summed E-state index contributed by atoms with van der Waals surface area (Å²) in [6.45, 7) is 2.17. The number of nitrogens with one attached hydrogen (secondary N) is 1. The molecular weight excluding hydrogens is 282 g/mol. The lowest BCUT2D eigenvalue weighted by Crippen LogP contribution is -2.32. The second kappa shape index (κ2) is 6.21. The SMILES string of the molecule is Cc1cc(C(=O)N[C@H](Cn2nccn2)c2ccccc2)no1. The van der Waals surface area contributed by atoms with Crippen LogP contribution in [0.25, 0.3) is 0 Å². The Morgan fingerprint density at radius 1 is 1.27 bits per heavy atom. The molecule has 0 radical (unpaired) electrons. The van der Waals surface area contributed by atoms with Gasteiger partial charge < -0.3 is 9.84 Å². The van der Waals surface area contributed by atoms with Crippen LogP contribution in [-0.2, 0) is 6.54 Å². The first-order valence-corrected chi connectivity index (χ1v) is 6.85. The van der Waals surface area contributed by atoms with Crippen molar-refractivity contribution < 1.29 is 9.32 Å². The Balaban J connectivity index is 1.80. The van der Waals surface area contributed by atoms with E-state index in [1.807, 2.05) is 30.3 Å². The minimum atomic E-state index is -0.294. The van der Waals surface area contributed by atoms with E-state index in [0.717, 1.165) is 5.56 Å². The van der Waals surface area contributed by atoms with Crippen molar-refractivity contribution in [2.45, 2.75) is 19.5 Å². The summed E-state index contributed by atoms with van der Waals surface area (Å²) in [5.41, 5.74) is 1.22. The molecule has 0 fully saturated rings. The van der Waals surface area contributed by atoms with Crippen LogP contribution in [0.4, 0.5) is 0 Å². The number of aromatic nitrogens is 4. The van der Waals surface area contributed by atoms with E-state index in [1.54, 1.807) is 25.4 Å². The van der Waals surface area contributed by atoms with Gasteiger partial charge in [0, 0.05) is 6.07 Å². The number of aryl methyl sites for hydroxylation is 1. The maximum atomic E-state index is 12.3. The molecule has 22 heavy (non-hydrogen) atoms. The number of amides is 1. The summed E-state index contributed by atoms with van der Waals surface area (Å²) in [5.74, 6) is 0.299. The van der Waals surface area contributed by atoms with Crippen molar-refractivity contribution in [1.29, 1.82) is 0 Å². The summed E-state index contributed by atoms with van der Waals surface area (Å²) in [5, 5.41) is 14.8. The van der Waals surface area contributed by atoms with Crippen molar-refractivity contribution in [3.05, 3.63) is 65.8 Å². The highest BCUT2D eigenvalue weighted by Gasteiger charge is 2.19. The number of rotatable bonds is 5. The molecule has 0 saturated heterocycles. The Labute approximate surface area is 126 Å². The Morgan fingerprint density at radius 2 is 2.00 bits per heavy atom. The van der Waals surface area contributed by atoms with E-state index in [1.165, 1.54) is 4.80 Å². The molecule has 3 rings (SSSR count). The molecular formula is C15H15N5O2. The third-order valence-electron chi connectivity index (χ3n) is 3.18. The number of benzene rings is 1. The van der Waals surface area contributed by atoms with Crippen molar-refractivity contribution in [2.24, 2.45) is 0 Å². The van der Waals surface area contributed by atoms with Gasteiger partial charge in [0.1, 0.15) is 5.76 Å². The van der Waals surface area contributed by atoms with Crippen LogP contribution < -0.4 is 5.32 Å². The van der Waals surface area contributed by atoms with Gasteiger partial charge in [-0.05, 0) is 12.5 Å². The first-order valence-electron chi connectivity index (χ1n) is 6.85. The van der Waals surface area contributed by atoms with Crippen LogP contribution in [0, 0.1) is 6.92 Å². The molecule has 0 saturated carbocycles. The van der Waals surface area contributed by atoms with Crippen molar-refractivity contribution >= 4 is 5.91 Å². The summed E-state index contributed by atoms with van der Waals surface area (Å²) < 4.78 is 4.94. The van der Waals surface area contributed by atoms with Gasteiger partial charge in [0.05, 0.1) is 25.0 Å². The normalized spacial score (nSPS) is 12.0. The van der Waals surface area contributed by atoms with Gasteiger partial charge in [0.15, 0.2) is 5.69 Å². The largest absolute Gasteiger partial charge is 0.361 e. The van der Waals surface area contributed by atoms with E-state index >= 15 is 0 Å². The summed E-state index contributed by atoms with van der Waals surface area (Å²) >= 11 is 0. The molecule has 0 spiro atoms. The number of nitrogens with zero attached hydrogens (tertiary/aromatic N) is 4. The Bertz CT molecular complexity index is 736. The molecule has 2 heterocycles. The predicted octanol–water partition coefficient (Wildman–Crippen LogP) is 1.75. The van der Waals surface area contributed by atoms with E-state index in [9.17, 15) is 4.79 Å². The van der Waals surface area contributed by atoms with Crippen LogP contribution in [0.5, 0.6) is 0 Å². The third-order valence-corrected chi connectivity index (χ3v) is 3.18. The zero-order valence-corrected chi connectivity index (χ0v) is 12.0. The highest BCUT2D eigenvalue weighted by Crippen LogP contribution is 2.15. The molecule has 0 aliphatic heterocycles. The molecule has 2 aromatic heterocycles. The smallest absolute Gasteiger partial charge is 0.274 e. The topological polar surface area (TPSA) is 85.8 Å². The van der Waals surface area contributed by atoms with Gasteiger partial charge in [-0.15, -0.1) is 0 Å². The van der Waals surface area contributed by atoms with Gasteiger partial charge in [-0.2, -0.15) is 15.0 Å². The van der Waals surface area contributed by atoms with Crippen molar-refractivity contribution in [3.8, 4) is 0 Å². The fraction of sp³-hybridized carbons (Fsp3) is 0.200. The van der Waals surface area contributed by atoms with Crippen LogP contribution in [0.1, 0.15) is 27.9 Å². The molecule has 0 aliphatic rings. The first kappa shape index (κ1) is 14.0. The number of hydrogen-bond acceptors (Lipinski definition) is 5. The summed E-state index contributed by atoms with van der Waals surface area (Å²) in [7, 11) is 0. The molecule has 0 unspecified atom stereocenters. The Hall–Kier alpha value is -2.96. The van der Waals surface area contributed by atoms with Gasteiger partial charge >= 0.3 is 0 Å². The fourth-order valence-corrected chi connectivity index (χ4v) is 2.13. The minimum absolute atomic E-state index is 0.256. The highest BCUT2D eigenvalue weighted by molar-refractivity contribution is 5.92. The van der Waals surface area contributed by atoms with Crippen LogP contribution in [0.3, 0.4) is 0 Å². The molecule has 1 N–H and O–H groups in total. The van der Waals surface area contributed by atoms with E-state index in [4.69, 9.17) is 4.52 Å². The second-order valence-corrected chi connectivity index (χ2v) is 4.84. The van der Waals surface area contributed by atoms with Gasteiger partial charge in [-0.25, -0.2) is 0 Å². The van der Waals surface area contributed by atoms with Gasteiger partial charge in [0.2, 0.25) is 0 Å². The molecule has 112 valence electrons. The summed E-state index contributed by atoms with van der Waals surface area (Å²) in [6.07, 6.45) is 3.20. The molecule has 0 bridgehead atoms. The number of carbonyl (C=O) groups is 1. The standard InChI is InChI=1S/C15H15N5O2/c1-11-9-13(19-22-11)15(21)18-14(10-20-16-7-8-17-20)12-5-3-2-4-6-12/h2-9,14H,10H2,1H3,(H,18,21)/t14-/m1/s1. The molecule has 0 aliphatic carbocycles. The quantitative estimate of drug-likeness (QED) is 0.775. The van der Waals surface area contributed by atoms with Crippen molar-refractivity contribution in [2.75, 3.05) is 0 Å². The second-order valence-electron chi connectivity index (χ2n) is 4.84. The molecule has 1 aromatic carbocycles. The average molecular weight is 297 g/mol. The zero-order chi connectivity index (χ0) is 15.4. The Kier molecular flexibility index (Phi) is 3.95. The highest BCUT2D eigenvalue weighted by atomic mass is 16.5. The maximum absolute atomic E-state index is 12.3. The van der Waals surface area contributed by atoms with Crippen molar-refractivity contribution in [3.63, 3.8) is 0 Å². The van der Waals surface area contributed by atoms with Crippen LogP contribution in [0.2, 0.25) is 0 Å². The lowest BCUT2D eigenvalue weighted by atomic mass is 10.1. The van der Waals surface area contributed by atoms with E-state index in [0.29, 0.717) is 12.3 Å². The van der Waals surface area contributed by atoms with E-state index < -0.39 is 0 Å². The molecule has 1 atom stereocenters. The molecule has 7 heteroatoms. The van der Waals surface area contributed by atoms with Gasteiger partial charge in [0.25, 0.3) is 5.91 Å². The van der Waals surface area contributed by atoms with Gasteiger partial charge in [-0.3, -0.25) is 4.79 Å². The molecule has 7 nitrogen and oxygen atoms in total. The third kappa shape index (κ3) is 3.20. The minimum Gasteiger partial charge on any atom is -0.361 e. The van der Waals surface area contributed by atoms with Crippen LogP contribution >= 0.6 is 0 Å². The first-order chi connectivity index (χ1) is 10.7. The number of carbonyl (C=O) groups excluding carboxylic acids is 1. The maximum Gasteiger partial charge on any atom is 0.274 e. The predicted molar refractivity (Wildman–Crippen MR) is 77.9 cm³/mol. The van der Waals surface area contributed by atoms with E-state index in [-0.39, 0.29) is 17.6 Å². The van der Waals surface area contributed by atoms with Gasteiger partial charge in [-0.1, -0.05) is 35.5 Å². The van der Waals surface area contributed by atoms with Crippen LogP contribution in [-0.4, -0.2) is 26.1 Å².